The zero-order valence-electron chi connectivity index (χ0n) is 20.9. The molecule has 10 nitrogen and oxygen atoms in total. The number of nitrogens with one attached hydrogen (secondary N) is 2. The van der Waals surface area contributed by atoms with Crippen LogP contribution in [0.15, 0.2) is 47.1 Å². The molecule has 1 aromatic carbocycles. The first-order valence-corrected chi connectivity index (χ1v) is 14.0. The highest BCUT2D eigenvalue weighted by Gasteiger charge is 2.28. The van der Waals surface area contributed by atoms with Gasteiger partial charge in [-0.05, 0) is 56.5 Å². The lowest BCUT2D eigenvalue weighted by molar-refractivity contribution is 0.0979. The summed E-state index contributed by atoms with van der Waals surface area (Å²) < 4.78 is 22.5. The second kappa shape index (κ2) is 9.48. The SMILES string of the molecule is Cc1cc(C(C)Nc2ccc(Cl)nc2C(=O)NS(C)=O)c2oc3c(-c4ccnn4C4CC4)cnnc3c2c1. The van der Waals surface area contributed by atoms with Crippen molar-refractivity contribution in [2.75, 3.05) is 11.6 Å². The van der Waals surface area contributed by atoms with Crippen molar-refractivity contribution in [3.8, 4) is 11.3 Å². The van der Waals surface area contributed by atoms with E-state index in [0.29, 0.717) is 28.4 Å². The molecule has 2 atom stereocenters. The molecule has 0 spiro atoms. The minimum absolute atomic E-state index is 0.0505. The van der Waals surface area contributed by atoms with E-state index in [1.54, 1.807) is 24.5 Å². The van der Waals surface area contributed by atoms with Crippen LogP contribution in [0.25, 0.3) is 33.3 Å². The monoisotopic (exact) mass is 549 g/mol. The maximum atomic E-state index is 12.7. The fourth-order valence-electron chi connectivity index (χ4n) is 4.70. The normalized spacial score (nSPS) is 15.1. The molecule has 1 fully saturated rings. The third-order valence-corrected chi connectivity index (χ3v) is 7.20. The number of aromatic nitrogens is 5. The molecule has 0 radical (unpaired) electrons. The Balaban J connectivity index is 1.44. The number of aryl methyl sites for hydroxylation is 1. The standard InChI is InChI=1S/C26H24ClN7O3S/c1-13-10-16(14(2)30-19-6-7-21(27)31-23(19)26(35)33-38(3)36)24-17(11-13)22-25(37-24)18(12-28-32-22)20-8-9-29-34(20)15-4-5-15/h6-12,14-15,30H,4-5H2,1-3H3,(H,33,35). The Kier molecular flexibility index (Phi) is 6.11. The van der Waals surface area contributed by atoms with Gasteiger partial charge < -0.3 is 9.73 Å². The van der Waals surface area contributed by atoms with E-state index >= 15 is 0 Å². The first kappa shape index (κ1) is 24.5. The molecule has 2 unspecified atom stereocenters. The van der Waals surface area contributed by atoms with Crippen LogP contribution in [0.1, 0.15) is 53.5 Å². The van der Waals surface area contributed by atoms with Crippen molar-refractivity contribution in [1.29, 1.82) is 0 Å². The smallest absolute Gasteiger partial charge is 0.283 e. The average Bonchev–Trinajstić information content (AvgIpc) is 3.48. The first-order valence-electron chi connectivity index (χ1n) is 12.1. The van der Waals surface area contributed by atoms with Gasteiger partial charge in [0.1, 0.15) is 27.2 Å². The van der Waals surface area contributed by atoms with Crippen LogP contribution in [0.3, 0.4) is 0 Å². The summed E-state index contributed by atoms with van der Waals surface area (Å²) in [7, 11) is -1.55. The number of anilines is 1. The molecule has 38 heavy (non-hydrogen) atoms. The summed E-state index contributed by atoms with van der Waals surface area (Å²) in [5.41, 5.74) is 6.19. The molecule has 4 heterocycles. The lowest BCUT2D eigenvalue weighted by Crippen LogP contribution is -2.27. The molecular weight excluding hydrogens is 526 g/mol. The summed E-state index contributed by atoms with van der Waals surface area (Å²) in [6.07, 6.45) is 7.11. The van der Waals surface area contributed by atoms with Crippen molar-refractivity contribution < 1.29 is 13.4 Å². The zero-order chi connectivity index (χ0) is 26.6. The minimum Gasteiger partial charge on any atom is -0.453 e. The summed E-state index contributed by atoms with van der Waals surface area (Å²) in [5.74, 6) is -0.589. The van der Waals surface area contributed by atoms with Crippen LogP contribution in [-0.2, 0) is 11.0 Å². The summed E-state index contributed by atoms with van der Waals surface area (Å²) in [6, 6.07) is 9.41. The Labute approximate surface area is 225 Å². The fourth-order valence-corrected chi connectivity index (χ4v) is 5.21. The number of nitrogens with zero attached hydrogens (tertiary/aromatic N) is 5. The Bertz CT molecular complexity index is 1740. The van der Waals surface area contributed by atoms with Gasteiger partial charge in [-0.2, -0.15) is 10.2 Å². The van der Waals surface area contributed by atoms with Crippen LogP contribution in [0.5, 0.6) is 0 Å². The van der Waals surface area contributed by atoms with Gasteiger partial charge >= 0.3 is 0 Å². The van der Waals surface area contributed by atoms with Gasteiger partial charge in [0.25, 0.3) is 5.91 Å². The lowest BCUT2D eigenvalue weighted by atomic mass is 10.0. The molecule has 5 aromatic rings. The van der Waals surface area contributed by atoms with Crippen LogP contribution in [0.2, 0.25) is 5.15 Å². The molecule has 12 heteroatoms. The summed E-state index contributed by atoms with van der Waals surface area (Å²) >= 11 is 6.06. The van der Waals surface area contributed by atoms with Crippen LogP contribution in [-0.4, -0.2) is 41.3 Å². The van der Waals surface area contributed by atoms with Crippen LogP contribution in [0, 0.1) is 6.92 Å². The van der Waals surface area contributed by atoms with Crippen LogP contribution < -0.4 is 10.0 Å². The van der Waals surface area contributed by atoms with Crippen molar-refractivity contribution in [1.82, 2.24) is 29.7 Å². The summed E-state index contributed by atoms with van der Waals surface area (Å²) in [4.78, 5) is 16.8. The molecule has 0 aliphatic heterocycles. The van der Waals surface area contributed by atoms with E-state index in [-0.39, 0.29) is 16.9 Å². The van der Waals surface area contributed by atoms with Gasteiger partial charge in [0, 0.05) is 23.4 Å². The number of carbonyl (C=O) groups is 1. The molecule has 1 saturated carbocycles. The number of rotatable bonds is 7. The summed E-state index contributed by atoms with van der Waals surface area (Å²) in [5, 5.41) is 17.6. The third kappa shape index (κ3) is 4.41. The lowest BCUT2D eigenvalue weighted by Gasteiger charge is -2.18. The molecular formula is C26H24ClN7O3S. The molecule has 1 amide bonds. The van der Waals surface area contributed by atoms with Gasteiger partial charge in [0.15, 0.2) is 11.3 Å². The predicted molar refractivity (Wildman–Crippen MR) is 146 cm³/mol. The van der Waals surface area contributed by atoms with E-state index in [2.05, 4.69) is 30.3 Å². The maximum absolute atomic E-state index is 12.7. The van der Waals surface area contributed by atoms with E-state index in [1.165, 1.54) is 6.26 Å². The minimum atomic E-state index is -1.55. The van der Waals surface area contributed by atoms with Gasteiger partial charge in [-0.25, -0.2) is 9.19 Å². The molecule has 194 valence electrons. The van der Waals surface area contributed by atoms with Crippen LogP contribution >= 0.6 is 11.6 Å². The van der Waals surface area contributed by atoms with Gasteiger partial charge in [-0.3, -0.25) is 14.2 Å². The Morgan fingerprint density at radius 1 is 1.24 bits per heavy atom. The fraction of sp³-hybridized carbons (Fsp3) is 0.269. The number of fused-ring (bicyclic) bond motifs is 3. The number of pyridine rings is 1. The average molecular weight is 550 g/mol. The van der Waals surface area contributed by atoms with Crippen molar-refractivity contribution >= 4 is 56.3 Å². The molecule has 6 rings (SSSR count). The third-order valence-electron chi connectivity index (χ3n) is 6.52. The van der Waals surface area contributed by atoms with Gasteiger partial charge in [0.2, 0.25) is 0 Å². The Morgan fingerprint density at radius 3 is 2.82 bits per heavy atom. The van der Waals surface area contributed by atoms with Gasteiger partial charge in [-0.15, -0.1) is 5.10 Å². The second-order valence-electron chi connectivity index (χ2n) is 9.44. The van der Waals surface area contributed by atoms with E-state index in [9.17, 15) is 9.00 Å². The number of amides is 1. The zero-order valence-corrected chi connectivity index (χ0v) is 22.4. The number of furan rings is 1. The van der Waals surface area contributed by atoms with E-state index in [1.807, 2.05) is 36.7 Å². The summed E-state index contributed by atoms with van der Waals surface area (Å²) in [6.45, 7) is 3.97. The number of halogens is 1. The van der Waals surface area contributed by atoms with Crippen molar-refractivity contribution in [2.24, 2.45) is 0 Å². The number of benzene rings is 1. The Morgan fingerprint density at radius 2 is 2.05 bits per heavy atom. The maximum Gasteiger partial charge on any atom is 0.283 e. The second-order valence-corrected chi connectivity index (χ2v) is 10.9. The molecule has 0 saturated heterocycles. The van der Waals surface area contributed by atoms with E-state index in [0.717, 1.165) is 40.6 Å². The highest BCUT2D eigenvalue weighted by atomic mass is 35.5. The van der Waals surface area contributed by atoms with E-state index in [4.69, 9.17) is 16.0 Å². The van der Waals surface area contributed by atoms with Gasteiger partial charge in [-0.1, -0.05) is 17.7 Å². The number of hydrogen-bond acceptors (Lipinski definition) is 8. The first-order chi connectivity index (χ1) is 18.3. The molecule has 1 aliphatic carbocycles. The van der Waals surface area contributed by atoms with Crippen molar-refractivity contribution in [2.45, 2.75) is 38.8 Å². The number of carbonyl (C=O) groups excluding carboxylic acids is 1. The highest BCUT2D eigenvalue weighted by molar-refractivity contribution is 7.82. The molecule has 1 aliphatic rings. The number of hydrogen-bond donors (Lipinski definition) is 2. The Hall–Kier alpha value is -3.83. The molecule has 2 N–H and O–H groups in total. The van der Waals surface area contributed by atoms with Gasteiger partial charge in [0.05, 0.1) is 35.2 Å². The topological polar surface area (TPSA) is 128 Å². The molecule has 0 bridgehead atoms. The van der Waals surface area contributed by atoms with E-state index < -0.39 is 16.9 Å². The largest absolute Gasteiger partial charge is 0.453 e. The van der Waals surface area contributed by atoms with Crippen molar-refractivity contribution in [3.63, 3.8) is 0 Å². The quantitative estimate of drug-likeness (QED) is 0.267. The molecule has 4 aromatic heterocycles. The van der Waals surface area contributed by atoms with Crippen molar-refractivity contribution in [3.05, 3.63) is 64.7 Å². The predicted octanol–water partition coefficient (Wildman–Crippen LogP) is 5.13. The van der Waals surface area contributed by atoms with Crippen LogP contribution in [0.4, 0.5) is 5.69 Å². The highest BCUT2D eigenvalue weighted by Crippen LogP contribution is 2.41.